The molecule has 0 bridgehead atoms. The van der Waals surface area contributed by atoms with Crippen LogP contribution in [-0.2, 0) is 0 Å². The van der Waals surface area contributed by atoms with Crippen molar-refractivity contribution in [1.29, 1.82) is 0 Å². The molecule has 1 aliphatic rings. The van der Waals surface area contributed by atoms with Crippen molar-refractivity contribution in [3.05, 3.63) is 29.3 Å². The molecule has 1 aromatic rings. The molecule has 1 N–H and O–H groups in total. The summed E-state index contributed by atoms with van der Waals surface area (Å²) >= 11 is 0. The largest absolute Gasteiger partial charge is 1.00 e. The van der Waals surface area contributed by atoms with Crippen molar-refractivity contribution >= 4 is 0 Å². The first kappa shape index (κ1) is 19.3. The van der Waals surface area contributed by atoms with Crippen LogP contribution in [-0.4, -0.2) is 42.4 Å². The van der Waals surface area contributed by atoms with Gasteiger partial charge in [0, 0.05) is 6.54 Å². The summed E-state index contributed by atoms with van der Waals surface area (Å²) < 4.78 is 5.75. The van der Waals surface area contributed by atoms with Crippen molar-refractivity contribution in [2.45, 2.75) is 52.1 Å². The number of halogens is 1. The Kier molecular flexibility index (Phi) is 8.23. The van der Waals surface area contributed by atoms with Gasteiger partial charge in [-0.05, 0) is 62.0 Å². The van der Waals surface area contributed by atoms with Gasteiger partial charge in [0.2, 0.25) is 0 Å². The fraction of sp³-hybridized carbons (Fsp3) is 0.667. The number of ether oxygens (including phenoxy) is 1. The molecule has 0 spiro atoms. The van der Waals surface area contributed by atoms with Crippen LogP contribution in [0, 0.1) is 6.92 Å². The molecule has 126 valence electrons. The summed E-state index contributed by atoms with van der Waals surface area (Å²) in [7, 11) is 0. The van der Waals surface area contributed by atoms with Crippen LogP contribution in [0.5, 0.6) is 5.75 Å². The zero-order chi connectivity index (χ0) is 15.2. The highest BCUT2D eigenvalue weighted by Crippen LogP contribution is 2.23. The van der Waals surface area contributed by atoms with E-state index in [4.69, 9.17) is 4.74 Å². The third-order valence-electron chi connectivity index (χ3n) is 4.22. The lowest BCUT2D eigenvalue weighted by atomic mass is 9.98. The normalized spacial score (nSPS) is 17.1. The van der Waals surface area contributed by atoms with Gasteiger partial charge in [-0.25, -0.2) is 0 Å². The predicted molar refractivity (Wildman–Crippen MR) is 87.1 cm³/mol. The van der Waals surface area contributed by atoms with Crippen LogP contribution in [0.1, 0.15) is 50.2 Å². The minimum atomic E-state index is -0.409. The van der Waals surface area contributed by atoms with Gasteiger partial charge in [-0.1, -0.05) is 26.3 Å². The second-order valence-corrected chi connectivity index (χ2v) is 6.50. The first-order valence-corrected chi connectivity index (χ1v) is 8.20. The Morgan fingerprint density at radius 1 is 1.18 bits per heavy atom. The Hall–Kier alpha value is -0.770. The number of aliphatic hydroxyl groups is 1. The average Bonchev–Trinajstić information content (AvgIpc) is 2.46. The van der Waals surface area contributed by atoms with Crippen molar-refractivity contribution in [2.75, 3.05) is 26.2 Å². The summed E-state index contributed by atoms with van der Waals surface area (Å²) in [4.78, 5) is 2.34. The summed E-state index contributed by atoms with van der Waals surface area (Å²) in [6.45, 7) is 9.83. The van der Waals surface area contributed by atoms with E-state index in [-0.39, 0.29) is 12.4 Å². The highest BCUT2D eigenvalue weighted by molar-refractivity contribution is 5.36. The van der Waals surface area contributed by atoms with E-state index in [0.717, 1.165) is 25.4 Å². The smallest absolute Gasteiger partial charge is 0.119 e. The van der Waals surface area contributed by atoms with E-state index in [1.807, 2.05) is 6.07 Å². The number of piperidine rings is 1. The number of rotatable bonds is 6. The number of benzene rings is 1. The molecule has 1 unspecified atom stereocenters. The average molecular weight is 327 g/mol. The third kappa shape index (κ3) is 5.79. The molecule has 0 saturated carbocycles. The summed E-state index contributed by atoms with van der Waals surface area (Å²) in [6.07, 6.45) is 3.42. The number of β-amino-alcohol motifs (C(OH)–C–C–N with tert-alkyl or cyclic N) is 1. The molecule has 0 aliphatic carbocycles. The summed E-state index contributed by atoms with van der Waals surface area (Å²) in [6, 6.07) is 6.21. The summed E-state index contributed by atoms with van der Waals surface area (Å²) in [5.41, 5.74) is 2.62. The van der Waals surface area contributed by atoms with Gasteiger partial charge in [0.25, 0.3) is 0 Å². The molecule has 0 aromatic heterocycles. The molecule has 1 saturated heterocycles. The number of aliphatic hydroxyl groups excluding tert-OH is 1. The molecule has 22 heavy (non-hydrogen) atoms. The van der Waals surface area contributed by atoms with Gasteiger partial charge in [0.1, 0.15) is 18.5 Å². The Labute approximate surface area is 141 Å². The highest BCUT2D eigenvalue weighted by atomic mass is 35.5. The monoisotopic (exact) mass is 326 g/mol. The minimum Gasteiger partial charge on any atom is -1.00 e. The molecule has 1 aliphatic heterocycles. The lowest BCUT2D eigenvalue weighted by Crippen LogP contribution is -3.00. The first-order valence-electron chi connectivity index (χ1n) is 8.20. The van der Waals surface area contributed by atoms with Crippen LogP contribution < -0.4 is 17.1 Å². The van der Waals surface area contributed by atoms with Crippen molar-refractivity contribution in [2.24, 2.45) is 0 Å². The van der Waals surface area contributed by atoms with Gasteiger partial charge >= 0.3 is 0 Å². The Morgan fingerprint density at radius 2 is 1.86 bits per heavy atom. The van der Waals surface area contributed by atoms with Crippen molar-refractivity contribution < 1.29 is 22.3 Å². The van der Waals surface area contributed by atoms with E-state index in [0.29, 0.717) is 12.5 Å². The van der Waals surface area contributed by atoms with E-state index in [9.17, 15) is 5.11 Å². The molecule has 1 atom stereocenters. The third-order valence-corrected chi connectivity index (χ3v) is 4.22. The molecule has 2 rings (SSSR count). The van der Waals surface area contributed by atoms with Crippen LogP contribution in [0.15, 0.2) is 18.2 Å². The second-order valence-electron chi connectivity index (χ2n) is 6.50. The van der Waals surface area contributed by atoms with E-state index >= 15 is 0 Å². The molecule has 0 radical (unpaired) electrons. The fourth-order valence-corrected chi connectivity index (χ4v) is 3.07. The topological polar surface area (TPSA) is 32.7 Å². The lowest BCUT2D eigenvalue weighted by Gasteiger charge is -2.28. The van der Waals surface area contributed by atoms with Gasteiger partial charge in [0.05, 0.1) is 0 Å². The zero-order valence-electron chi connectivity index (χ0n) is 14.0. The maximum Gasteiger partial charge on any atom is 0.119 e. The molecular weight excluding hydrogens is 298 g/mol. The van der Waals surface area contributed by atoms with E-state index in [2.05, 4.69) is 37.8 Å². The standard InChI is InChI=1S/C18H29NO2.ClH/c1-14(2)18-8-7-17(11-15(18)3)21-13-16(20)12-19-9-5-4-6-10-19;/h7-8,11,14,16,20H,4-6,9-10,12-13H2,1-3H3;1H/p-1. The van der Waals surface area contributed by atoms with Crippen molar-refractivity contribution in [1.82, 2.24) is 4.90 Å². The summed E-state index contributed by atoms with van der Waals surface area (Å²) in [5, 5.41) is 10.1. The number of hydrogen-bond acceptors (Lipinski definition) is 3. The molecule has 1 fully saturated rings. The Bertz CT molecular complexity index is 445. The molecular formula is C18H29ClNO2-. The second kappa shape index (κ2) is 9.39. The molecule has 4 heteroatoms. The first-order chi connectivity index (χ1) is 10.1. The molecule has 3 nitrogen and oxygen atoms in total. The Balaban J connectivity index is 0.00000242. The Morgan fingerprint density at radius 3 is 2.45 bits per heavy atom. The van der Waals surface area contributed by atoms with Crippen molar-refractivity contribution in [3.8, 4) is 5.75 Å². The molecule has 1 aromatic carbocycles. The van der Waals surface area contributed by atoms with Crippen molar-refractivity contribution in [3.63, 3.8) is 0 Å². The van der Waals surface area contributed by atoms with Crippen LogP contribution in [0.4, 0.5) is 0 Å². The van der Waals surface area contributed by atoms with Crippen LogP contribution in [0.2, 0.25) is 0 Å². The van der Waals surface area contributed by atoms with Gasteiger partial charge in [0.15, 0.2) is 0 Å². The number of likely N-dealkylation sites (tertiary alicyclic amines) is 1. The summed E-state index contributed by atoms with van der Waals surface area (Å²) in [5.74, 6) is 1.39. The maximum absolute atomic E-state index is 10.1. The zero-order valence-corrected chi connectivity index (χ0v) is 14.8. The molecule has 1 heterocycles. The highest BCUT2D eigenvalue weighted by Gasteiger charge is 2.15. The minimum absolute atomic E-state index is 0. The van der Waals surface area contributed by atoms with Gasteiger partial charge in [-0.15, -0.1) is 0 Å². The maximum atomic E-state index is 10.1. The van der Waals surface area contributed by atoms with Gasteiger partial charge in [-0.2, -0.15) is 0 Å². The number of aryl methyl sites for hydroxylation is 1. The van der Waals surface area contributed by atoms with E-state index < -0.39 is 6.10 Å². The lowest BCUT2D eigenvalue weighted by molar-refractivity contribution is -0.00000695. The van der Waals surface area contributed by atoms with Crippen LogP contribution in [0.3, 0.4) is 0 Å². The molecule has 0 amide bonds. The van der Waals surface area contributed by atoms with E-state index in [1.54, 1.807) is 0 Å². The number of nitrogens with zero attached hydrogens (tertiary/aromatic N) is 1. The van der Waals surface area contributed by atoms with E-state index in [1.165, 1.54) is 30.4 Å². The van der Waals surface area contributed by atoms with Gasteiger partial charge < -0.3 is 27.2 Å². The van der Waals surface area contributed by atoms with Gasteiger partial charge in [-0.3, -0.25) is 0 Å². The van der Waals surface area contributed by atoms with Crippen LogP contribution in [0.25, 0.3) is 0 Å². The SMILES string of the molecule is Cc1cc(OCC(O)CN2CCCCC2)ccc1C(C)C.[Cl-]. The van der Waals surface area contributed by atoms with Crippen LogP contribution >= 0.6 is 0 Å². The predicted octanol–water partition coefficient (Wildman–Crippen LogP) is 0.348. The quantitative estimate of drug-likeness (QED) is 0.819. The fourth-order valence-electron chi connectivity index (χ4n) is 3.07. The number of hydrogen-bond donors (Lipinski definition) is 1.